The lowest BCUT2D eigenvalue weighted by molar-refractivity contribution is 0.171. The molecule has 1 rings (SSSR count). The Kier molecular flexibility index (Phi) is 4.10. The summed E-state index contributed by atoms with van der Waals surface area (Å²) >= 11 is 7.48. The van der Waals surface area contributed by atoms with Crippen molar-refractivity contribution in [2.75, 3.05) is 6.26 Å². The molecule has 1 aromatic carbocycles. The van der Waals surface area contributed by atoms with Crippen LogP contribution in [0, 0.1) is 0 Å². The van der Waals surface area contributed by atoms with Gasteiger partial charge in [0.05, 0.1) is 6.10 Å². The van der Waals surface area contributed by atoms with Crippen LogP contribution in [0.2, 0.25) is 5.02 Å². The molecule has 72 valence electrons. The van der Waals surface area contributed by atoms with Gasteiger partial charge in [0.25, 0.3) is 0 Å². The van der Waals surface area contributed by atoms with Crippen molar-refractivity contribution in [2.24, 2.45) is 0 Å². The van der Waals surface area contributed by atoms with Crippen LogP contribution in [-0.4, -0.2) is 11.4 Å². The van der Waals surface area contributed by atoms with Gasteiger partial charge in [0.15, 0.2) is 0 Å². The molecule has 1 aromatic rings. The van der Waals surface area contributed by atoms with Crippen molar-refractivity contribution in [3.05, 3.63) is 28.8 Å². The highest BCUT2D eigenvalue weighted by atomic mass is 35.5. The summed E-state index contributed by atoms with van der Waals surface area (Å²) in [5.74, 6) is 0. The number of benzene rings is 1. The minimum Gasteiger partial charge on any atom is -0.388 e. The number of rotatable bonds is 3. The average molecular weight is 217 g/mol. The Morgan fingerprint density at radius 3 is 2.77 bits per heavy atom. The maximum absolute atomic E-state index is 9.69. The molecule has 0 spiro atoms. The molecule has 1 N–H and O–H groups in total. The number of hydrogen-bond donors (Lipinski definition) is 1. The van der Waals surface area contributed by atoms with E-state index < -0.39 is 6.10 Å². The molecule has 0 saturated heterocycles. The van der Waals surface area contributed by atoms with Crippen LogP contribution in [0.3, 0.4) is 0 Å². The first kappa shape index (κ1) is 10.9. The molecule has 13 heavy (non-hydrogen) atoms. The Balaban J connectivity index is 3.07. The molecule has 1 nitrogen and oxygen atoms in total. The summed E-state index contributed by atoms with van der Waals surface area (Å²) in [6.07, 6.45) is 2.31. The van der Waals surface area contributed by atoms with E-state index >= 15 is 0 Å². The molecule has 0 aliphatic rings. The van der Waals surface area contributed by atoms with E-state index in [2.05, 4.69) is 0 Å². The van der Waals surface area contributed by atoms with Gasteiger partial charge in [0.2, 0.25) is 0 Å². The monoisotopic (exact) mass is 216 g/mol. The Labute approximate surface area is 88.1 Å². The molecular weight excluding hydrogens is 204 g/mol. The molecule has 0 radical (unpaired) electrons. The highest BCUT2D eigenvalue weighted by Crippen LogP contribution is 2.29. The maximum Gasteiger partial charge on any atom is 0.0798 e. The van der Waals surface area contributed by atoms with Crippen LogP contribution in [0.4, 0.5) is 0 Å². The van der Waals surface area contributed by atoms with Crippen LogP contribution >= 0.6 is 23.4 Å². The van der Waals surface area contributed by atoms with Crippen molar-refractivity contribution in [3.63, 3.8) is 0 Å². The molecule has 0 saturated carbocycles. The third-order valence-electron chi connectivity index (χ3n) is 1.94. The molecule has 0 bridgehead atoms. The van der Waals surface area contributed by atoms with Crippen LogP contribution in [0.1, 0.15) is 25.0 Å². The standard InChI is InChI=1S/C10H13ClOS/c1-3-9(12)8-6-7(11)4-5-10(8)13-2/h4-6,9,12H,3H2,1-2H3. The molecule has 0 amide bonds. The second-order valence-corrected chi connectivity index (χ2v) is 4.09. The van der Waals surface area contributed by atoms with Crippen molar-refractivity contribution in [1.29, 1.82) is 0 Å². The maximum atomic E-state index is 9.69. The summed E-state index contributed by atoms with van der Waals surface area (Å²) in [7, 11) is 0. The largest absolute Gasteiger partial charge is 0.388 e. The summed E-state index contributed by atoms with van der Waals surface area (Å²) in [5, 5.41) is 10.4. The zero-order chi connectivity index (χ0) is 9.84. The molecule has 0 aliphatic heterocycles. The number of thioether (sulfide) groups is 1. The van der Waals surface area contributed by atoms with Crippen LogP contribution in [0.5, 0.6) is 0 Å². The van der Waals surface area contributed by atoms with Gasteiger partial charge < -0.3 is 5.11 Å². The molecule has 0 aromatic heterocycles. The van der Waals surface area contributed by atoms with Crippen molar-refractivity contribution in [1.82, 2.24) is 0 Å². The SMILES string of the molecule is CCC(O)c1cc(Cl)ccc1SC. The predicted molar refractivity (Wildman–Crippen MR) is 58.5 cm³/mol. The highest BCUT2D eigenvalue weighted by molar-refractivity contribution is 7.98. The van der Waals surface area contributed by atoms with Gasteiger partial charge in [-0.15, -0.1) is 11.8 Å². The van der Waals surface area contributed by atoms with Crippen LogP contribution in [0.25, 0.3) is 0 Å². The fraction of sp³-hybridized carbons (Fsp3) is 0.400. The normalized spacial score (nSPS) is 12.9. The fourth-order valence-electron chi connectivity index (χ4n) is 1.19. The van der Waals surface area contributed by atoms with Crippen LogP contribution in [-0.2, 0) is 0 Å². The first-order valence-electron chi connectivity index (χ1n) is 4.20. The Bertz CT molecular complexity index is 288. The minimum absolute atomic E-state index is 0.402. The minimum atomic E-state index is -0.402. The quantitative estimate of drug-likeness (QED) is 0.781. The van der Waals surface area contributed by atoms with Gasteiger partial charge in [0, 0.05) is 9.92 Å². The summed E-state index contributed by atoms with van der Waals surface area (Å²) in [6, 6.07) is 5.63. The van der Waals surface area contributed by atoms with Gasteiger partial charge in [-0.05, 0) is 36.4 Å². The van der Waals surface area contributed by atoms with Gasteiger partial charge in [-0.2, -0.15) is 0 Å². The van der Waals surface area contributed by atoms with Gasteiger partial charge in [-0.25, -0.2) is 0 Å². The lowest BCUT2D eigenvalue weighted by Gasteiger charge is -2.12. The van der Waals surface area contributed by atoms with Crippen LogP contribution < -0.4 is 0 Å². The number of halogens is 1. The fourth-order valence-corrected chi connectivity index (χ4v) is 2.00. The molecular formula is C10H13ClOS. The summed E-state index contributed by atoms with van der Waals surface area (Å²) in [5.41, 5.74) is 0.933. The van der Waals surface area contributed by atoms with E-state index in [1.165, 1.54) is 0 Å². The van der Waals surface area contributed by atoms with E-state index in [4.69, 9.17) is 11.6 Å². The lowest BCUT2D eigenvalue weighted by Crippen LogP contribution is -1.97. The van der Waals surface area contributed by atoms with Gasteiger partial charge >= 0.3 is 0 Å². The second-order valence-electron chi connectivity index (χ2n) is 2.81. The Morgan fingerprint density at radius 2 is 2.23 bits per heavy atom. The average Bonchev–Trinajstić information content (AvgIpc) is 2.16. The third-order valence-corrected chi connectivity index (χ3v) is 2.98. The van der Waals surface area contributed by atoms with E-state index in [-0.39, 0.29) is 0 Å². The Hall–Kier alpha value is -0.180. The van der Waals surface area contributed by atoms with Gasteiger partial charge in [-0.3, -0.25) is 0 Å². The zero-order valence-electron chi connectivity index (χ0n) is 7.75. The smallest absolute Gasteiger partial charge is 0.0798 e. The van der Waals surface area contributed by atoms with E-state index in [9.17, 15) is 5.11 Å². The number of hydrogen-bond acceptors (Lipinski definition) is 2. The number of aliphatic hydroxyl groups excluding tert-OH is 1. The topological polar surface area (TPSA) is 20.2 Å². The first-order valence-corrected chi connectivity index (χ1v) is 5.80. The summed E-state index contributed by atoms with van der Waals surface area (Å²) in [4.78, 5) is 1.10. The predicted octanol–water partition coefficient (Wildman–Crippen LogP) is 3.51. The third kappa shape index (κ3) is 2.63. The number of aliphatic hydroxyl groups is 1. The van der Waals surface area contributed by atoms with Gasteiger partial charge in [-0.1, -0.05) is 18.5 Å². The molecule has 0 aliphatic carbocycles. The van der Waals surface area contributed by atoms with Crippen LogP contribution in [0.15, 0.2) is 23.1 Å². The van der Waals surface area contributed by atoms with E-state index in [1.54, 1.807) is 11.8 Å². The molecule has 1 atom stereocenters. The van der Waals surface area contributed by atoms with E-state index in [0.717, 1.165) is 10.5 Å². The molecule has 1 unspecified atom stereocenters. The highest BCUT2D eigenvalue weighted by Gasteiger charge is 2.10. The van der Waals surface area contributed by atoms with Crippen molar-refractivity contribution >= 4 is 23.4 Å². The first-order chi connectivity index (χ1) is 6.19. The van der Waals surface area contributed by atoms with Crippen molar-refractivity contribution in [2.45, 2.75) is 24.3 Å². The van der Waals surface area contributed by atoms with Crippen molar-refractivity contribution < 1.29 is 5.11 Å². The van der Waals surface area contributed by atoms with E-state index in [0.29, 0.717) is 11.4 Å². The molecule has 0 fully saturated rings. The van der Waals surface area contributed by atoms with E-state index in [1.807, 2.05) is 31.4 Å². The lowest BCUT2D eigenvalue weighted by atomic mass is 10.1. The van der Waals surface area contributed by atoms with Crippen molar-refractivity contribution in [3.8, 4) is 0 Å². The molecule has 3 heteroatoms. The Morgan fingerprint density at radius 1 is 1.54 bits per heavy atom. The molecule has 0 heterocycles. The van der Waals surface area contributed by atoms with Gasteiger partial charge in [0.1, 0.15) is 0 Å². The zero-order valence-corrected chi connectivity index (χ0v) is 9.32. The second kappa shape index (κ2) is 4.89. The summed E-state index contributed by atoms with van der Waals surface area (Å²) in [6.45, 7) is 1.95. The summed E-state index contributed by atoms with van der Waals surface area (Å²) < 4.78 is 0.